The standard InChI is InChI=1S/C19H19BrClNO3/c20-16-10-13(7-8-18(16)25-12-15-5-3-9-24-15)19(23)22-11-14-4-1-2-6-17(14)21/h1-2,4,6-8,10,15H,3,5,9,11-12H2,(H,22,23). The monoisotopic (exact) mass is 423 g/mol. The number of rotatable bonds is 6. The molecule has 2 aromatic carbocycles. The highest BCUT2D eigenvalue weighted by molar-refractivity contribution is 9.10. The van der Waals surface area contributed by atoms with Crippen molar-refractivity contribution in [1.29, 1.82) is 0 Å². The zero-order valence-electron chi connectivity index (χ0n) is 13.6. The molecular formula is C19H19BrClNO3. The van der Waals surface area contributed by atoms with Crippen LogP contribution >= 0.6 is 27.5 Å². The van der Waals surface area contributed by atoms with E-state index >= 15 is 0 Å². The van der Waals surface area contributed by atoms with Gasteiger partial charge in [-0.2, -0.15) is 0 Å². The van der Waals surface area contributed by atoms with E-state index in [1.807, 2.05) is 18.2 Å². The first-order valence-corrected chi connectivity index (χ1v) is 9.36. The van der Waals surface area contributed by atoms with Crippen LogP contribution in [0.25, 0.3) is 0 Å². The predicted molar refractivity (Wildman–Crippen MR) is 101 cm³/mol. The fraction of sp³-hybridized carbons (Fsp3) is 0.316. The maximum absolute atomic E-state index is 12.3. The lowest BCUT2D eigenvalue weighted by molar-refractivity contribution is 0.0677. The fourth-order valence-electron chi connectivity index (χ4n) is 2.64. The summed E-state index contributed by atoms with van der Waals surface area (Å²) in [5.74, 6) is 0.546. The van der Waals surface area contributed by atoms with Gasteiger partial charge in [0.1, 0.15) is 12.4 Å². The molecule has 0 radical (unpaired) electrons. The molecule has 0 aromatic heterocycles. The van der Waals surface area contributed by atoms with Gasteiger partial charge < -0.3 is 14.8 Å². The van der Waals surface area contributed by atoms with Gasteiger partial charge in [-0.3, -0.25) is 4.79 Å². The zero-order chi connectivity index (χ0) is 17.6. The summed E-state index contributed by atoms with van der Waals surface area (Å²) in [4.78, 5) is 12.3. The number of nitrogens with one attached hydrogen (secondary N) is 1. The molecule has 0 bridgehead atoms. The van der Waals surface area contributed by atoms with Crippen LogP contribution in [0.3, 0.4) is 0 Å². The molecule has 1 N–H and O–H groups in total. The van der Waals surface area contributed by atoms with Crippen molar-refractivity contribution in [2.45, 2.75) is 25.5 Å². The van der Waals surface area contributed by atoms with Crippen LogP contribution in [0, 0.1) is 0 Å². The molecular weight excluding hydrogens is 406 g/mol. The Morgan fingerprint density at radius 1 is 1.32 bits per heavy atom. The maximum atomic E-state index is 12.3. The smallest absolute Gasteiger partial charge is 0.251 e. The second kappa shape index (κ2) is 8.70. The first-order valence-electron chi connectivity index (χ1n) is 8.19. The Morgan fingerprint density at radius 2 is 2.16 bits per heavy atom. The first-order chi connectivity index (χ1) is 12.1. The number of hydrogen-bond donors (Lipinski definition) is 1. The summed E-state index contributed by atoms with van der Waals surface area (Å²) in [6.45, 7) is 1.71. The van der Waals surface area contributed by atoms with Gasteiger partial charge in [0.2, 0.25) is 0 Å². The molecule has 1 aliphatic heterocycles. The van der Waals surface area contributed by atoms with Gasteiger partial charge in [0, 0.05) is 23.7 Å². The van der Waals surface area contributed by atoms with Crippen molar-refractivity contribution in [3.8, 4) is 5.75 Å². The van der Waals surface area contributed by atoms with Gasteiger partial charge in [-0.25, -0.2) is 0 Å². The van der Waals surface area contributed by atoms with E-state index in [-0.39, 0.29) is 12.0 Å². The van der Waals surface area contributed by atoms with Gasteiger partial charge >= 0.3 is 0 Å². The third kappa shape index (κ3) is 4.97. The van der Waals surface area contributed by atoms with E-state index < -0.39 is 0 Å². The SMILES string of the molecule is O=C(NCc1ccccc1Cl)c1ccc(OCC2CCCO2)c(Br)c1. The highest BCUT2D eigenvalue weighted by atomic mass is 79.9. The van der Waals surface area contributed by atoms with Crippen LogP contribution in [0.2, 0.25) is 5.02 Å². The van der Waals surface area contributed by atoms with Crippen LogP contribution < -0.4 is 10.1 Å². The summed E-state index contributed by atoms with van der Waals surface area (Å²) in [7, 11) is 0. The van der Waals surface area contributed by atoms with Crippen LogP contribution in [0.4, 0.5) is 0 Å². The normalized spacial score (nSPS) is 16.6. The van der Waals surface area contributed by atoms with E-state index in [1.165, 1.54) is 0 Å². The molecule has 0 aliphatic carbocycles. The van der Waals surface area contributed by atoms with Gasteiger partial charge in [0.25, 0.3) is 5.91 Å². The number of carbonyl (C=O) groups is 1. The van der Waals surface area contributed by atoms with E-state index in [0.717, 1.165) is 29.5 Å². The topological polar surface area (TPSA) is 47.6 Å². The third-order valence-electron chi connectivity index (χ3n) is 4.04. The molecule has 6 heteroatoms. The summed E-state index contributed by atoms with van der Waals surface area (Å²) in [5.41, 5.74) is 1.44. The summed E-state index contributed by atoms with van der Waals surface area (Å²) in [6, 6.07) is 12.7. The zero-order valence-corrected chi connectivity index (χ0v) is 16.0. The summed E-state index contributed by atoms with van der Waals surface area (Å²) in [5, 5.41) is 3.52. The van der Waals surface area contributed by atoms with E-state index in [1.54, 1.807) is 24.3 Å². The minimum Gasteiger partial charge on any atom is -0.490 e. The molecule has 1 fully saturated rings. The Balaban J connectivity index is 1.57. The highest BCUT2D eigenvalue weighted by Crippen LogP contribution is 2.27. The Bertz CT molecular complexity index is 747. The quantitative estimate of drug-likeness (QED) is 0.738. The fourth-order valence-corrected chi connectivity index (χ4v) is 3.33. The second-order valence-electron chi connectivity index (χ2n) is 5.87. The Hall–Kier alpha value is -1.56. The van der Waals surface area contributed by atoms with Crippen molar-refractivity contribution < 1.29 is 14.3 Å². The Kier molecular flexibility index (Phi) is 6.34. The van der Waals surface area contributed by atoms with E-state index in [2.05, 4.69) is 21.2 Å². The minimum absolute atomic E-state index is 0.158. The van der Waals surface area contributed by atoms with Crippen molar-refractivity contribution >= 4 is 33.4 Å². The predicted octanol–water partition coefficient (Wildman–Crippen LogP) is 4.59. The Morgan fingerprint density at radius 3 is 2.88 bits per heavy atom. The second-order valence-corrected chi connectivity index (χ2v) is 7.13. The number of amides is 1. The molecule has 1 atom stereocenters. The minimum atomic E-state index is -0.161. The van der Waals surface area contributed by atoms with Crippen molar-refractivity contribution in [3.63, 3.8) is 0 Å². The molecule has 25 heavy (non-hydrogen) atoms. The van der Waals surface area contributed by atoms with Crippen LogP contribution in [0.15, 0.2) is 46.9 Å². The molecule has 2 aromatic rings. The lowest BCUT2D eigenvalue weighted by atomic mass is 10.2. The van der Waals surface area contributed by atoms with Gasteiger partial charge in [0.05, 0.1) is 10.6 Å². The lowest BCUT2D eigenvalue weighted by Gasteiger charge is -2.13. The molecule has 1 saturated heterocycles. The van der Waals surface area contributed by atoms with Crippen molar-refractivity contribution in [2.24, 2.45) is 0 Å². The van der Waals surface area contributed by atoms with Gasteiger partial charge in [-0.05, 0) is 58.6 Å². The van der Waals surface area contributed by atoms with Crippen LogP contribution in [-0.2, 0) is 11.3 Å². The molecule has 0 saturated carbocycles. The molecule has 1 aliphatic rings. The van der Waals surface area contributed by atoms with Crippen molar-refractivity contribution in [1.82, 2.24) is 5.32 Å². The largest absolute Gasteiger partial charge is 0.490 e. The number of hydrogen-bond acceptors (Lipinski definition) is 3. The summed E-state index contributed by atoms with van der Waals surface area (Å²) in [6.07, 6.45) is 2.27. The van der Waals surface area contributed by atoms with Gasteiger partial charge in [-0.1, -0.05) is 29.8 Å². The molecule has 1 unspecified atom stereocenters. The van der Waals surface area contributed by atoms with E-state index in [0.29, 0.717) is 29.5 Å². The van der Waals surface area contributed by atoms with Crippen molar-refractivity contribution in [3.05, 3.63) is 63.1 Å². The number of halogens is 2. The maximum Gasteiger partial charge on any atom is 0.251 e. The molecule has 1 heterocycles. The van der Waals surface area contributed by atoms with Crippen molar-refractivity contribution in [2.75, 3.05) is 13.2 Å². The average Bonchev–Trinajstić information content (AvgIpc) is 3.13. The number of carbonyl (C=O) groups excluding carboxylic acids is 1. The average molecular weight is 425 g/mol. The molecule has 0 spiro atoms. The molecule has 132 valence electrons. The molecule has 4 nitrogen and oxygen atoms in total. The summed E-state index contributed by atoms with van der Waals surface area (Å²) < 4.78 is 12.1. The third-order valence-corrected chi connectivity index (χ3v) is 5.03. The van der Waals surface area contributed by atoms with Crippen LogP contribution in [0.1, 0.15) is 28.8 Å². The molecule has 1 amide bonds. The van der Waals surface area contributed by atoms with Crippen LogP contribution in [0.5, 0.6) is 5.75 Å². The summed E-state index contributed by atoms with van der Waals surface area (Å²) >= 11 is 9.57. The van der Waals surface area contributed by atoms with Gasteiger partial charge in [0.15, 0.2) is 0 Å². The number of ether oxygens (including phenoxy) is 2. The highest BCUT2D eigenvalue weighted by Gasteiger charge is 2.17. The first kappa shape index (κ1) is 18.2. The van der Waals surface area contributed by atoms with E-state index in [9.17, 15) is 4.79 Å². The molecule has 3 rings (SSSR count). The lowest BCUT2D eigenvalue weighted by Crippen LogP contribution is -2.23. The Labute approximate surface area is 160 Å². The number of benzene rings is 2. The van der Waals surface area contributed by atoms with Crippen LogP contribution in [-0.4, -0.2) is 25.2 Å². The van der Waals surface area contributed by atoms with Gasteiger partial charge in [-0.15, -0.1) is 0 Å². The van der Waals surface area contributed by atoms with E-state index in [4.69, 9.17) is 21.1 Å².